The van der Waals surface area contributed by atoms with Gasteiger partial charge in [0.1, 0.15) is 5.82 Å². The maximum Gasteiger partial charge on any atom is 0.125 e. The Bertz CT molecular complexity index is 325. The zero-order valence-electron chi connectivity index (χ0n) is 11.5. The zero-order valence-corrected chi connectivity index (χ0v) is 11.5. The first-order valence-electron chi connectivity index (χ1n) is 6.54. The van der Waals surface area contributed by atoms with Crippen LogP contribution in [-0.2, 0) is 6.54 Å². The van der Waals surface area contributed by atoms with Gasteiger partial charge in [-0.05, 0) is 30.2 Å². The highest BCUT2D eigenvalue weighted by Gasteiger charge is 2.08. The smallest absolute Gasteiger partial charge is 0.125 e. The van der Waals surface area contributed by atoms with Crippen molar-refractivity contribution in [3.63, 3.8) is 0 Å². The summed E-state index contributed by atoms with van der Waals surface area (Å²) in [5, 5.41) is 3.08. The predicted octanol–water partition coefficient (Wildman–Crippen LogP) is 2.99. The third-order valence-electron chi connectivity index (χ3n) is 3.20. The van der Waals surface area contributed by atoms with Gasteiger partial charge in [0.25, 0.3) is 0 Å². The molecule has 0 bridgehead atoms. The van der Waals surface area contributed by atoms with E-state index in [-0.39, 0.29) is 0 Å². The first-order chi connectivity index (χ1) is 8.19. The molecule has 0 aromatic carbocycles. The van der Waals surface area contributed by atoms with Crippen molar-refractivity contribution in [2.45, 2.75) is 33.7 Å². The zero-order chi connectivity index (χ0) is 12.7. The highest BCUT2D eigenvalue weighted by atomic mass is 15.1. The molecule has 1 heterocycles. The molecule has 0 aliphatic heterocycles. The fourth-order valence-electron chi connectivity index (χ4n) is 1.84. The van der Waals surface area contributed by atoms with Crippen LogP contribution in [0.5, 0.6) is 0 Å². The molecule has 3 nitrogen and oxygen atoms in total. The molecule has 96 valence electrons. The van der Waals surface area contributed by atoms with Crippen LogP contribution in [0, 0.1) is 5.92 Å². The molecule has 0 radical (unpaired) electrons. The van der Waals surface area contributed by atoms with Gasteiger partial charge in [0.05, 0.1) is 0 Å². The van der Waals surface area contributed by atoms with E-state index in [4.69, 9.17) is 0 Å². The molecule has 1 aromatic rings. The quantitative estimate of drug-likeness (QED) is 0.787. The number of nitrogens with zero attached hydrogens (tertiary/aromatic N) is 2. The second kappa shape index (κ2) is 7.28. The Kier molecular flexibility index (Phi) is 5.98. The largest absolute Gasteiger partial charge is 0.373 e. The molecule has 3 heteroatoms. The van der Waals surface area contributed by atoms with Crippen molar-refractivity contribution >= 4 is 5.82 Å². The van der Waals surface area contributed by atoms with Crippen molar-refractivity contribution in [2.75, 3.05) is 25.5 Å². The maximum absolute atomic E-state index is 4.24. The number of anilines is 1. The van der Waals surface area contributed by atoms with Crippen molar-refractivity contribution in [1.82, 2.24) is 9.88 Å². The van der Waals surface area contributed by atoms with E-state index < -0.39 is 0 Å². The molecule has 1 N–H and O–H groups in total. The second-order valence-electron chi connectivity index (χ2n) is 4.64. The average Bonchev–Trinajstić information content (AvgIpc) is 2.37. The lowest BCUT2D eigenvalue weighted by atomic mass is 10.1. The van der Waals surface area contributed by atoms with Gasteiger partial charge in [-0.15, -0.1) is 0 Å². The van der Waals surface area contributed by atoms with Crippen LogP contribution in [0.3, 0.4) is 0 Å². The molecule has 0 spiro atoms. The lowest BCUT2D eigenvalue weighted by molar-refractivity contribution is 0.238. The summed E-state index contributed by atoms with van der Waals surface area (Å²) in [6, 6.07) is 4.22. The number of hydrogen-bond donors (Lipinski definition) is 1. The third-order valence-corrected chi connectivity index (χ3v) is 3.20. The lowest BCUT2D eigenvalue weighted by Crippen LogP contribution is -2.27. The van der Waals surface area contributed by atoms with Gasteiger partial charge in [-0.2, -0.15) is 0 Å². The molecular weight excluding hydrogens is 210 g/mol. The first-order valence-corrected chi connectivity index (χ1v) is 6.54. The predicted molar refractivity (Wildman–Crippen MR) is 74.2 cm³/mol. The minimum Gasteiger partial charge on any atom is -0.373 e. The van der Waals surface area contributed by atoms with Gasteiger partial charge in [0, 0.05) is 26.3 Å². The fraction of sp³-hybridized carbons (Fsp3) is 0.643. The average molecular weight is 235 g/mol. The van der Waals surface area contributed by atoms with E-state index in [1.54, 1.807) is 0 Å². The van der Waals surface area contributed by atoms with E-state index in [9.17, 15) is 0 Å². The van der Waals surface area contributed by atoms with E-state index in [1.165, 1.54) is 18.5 Å². The molecule has 1 atom stereocenters. The van der Waals surface area contributed by atoms with Crippen LogP contribution < -0.4 is 5.32 Å². The first kappa shape index (κ1) is 14.0. The lowest BCUT2D eigenvalue weighted by Gasteiger charge is -2.23. The Labute approximate surface area is 105 Å². The van der Waals surface area contributed by atoms with E-state index >= 15 is 0 Å². The molecule has 0 aliphatic rings. The SMILES string of the molecule is CCC(C)CN(CC)Cc1ccnc(NC)c1. The van der Waals surface area contributed by atoms with Crippen LogP contribution >= 0.6 is 0 Å². The molecule has 0 fully saturated rings. The van der Waals surface area contributed by atoms with E-state index in [0.29, 0.717) is 0 Å². The highest BCUT2D eigenvalue weighted by Crippen LogP contribution is 2.11. The van der Waals surface area contributed by atoms with Crippen molar-refractivity contribution in [3.05, 3.63) is 23.9 Å². The topological polar surface area (TPSA) is 28.2 Å². The summed E-state index contributed by atoms with van der Waals surface area (Å²) in [4.78, 5) is 6.73. The summed E-state index contributed by atoms with van der Waals surface area (Å²) in [5.74, 6) is 1.71. The van der Waals surface area contributed by atoms with Crippen LogP contribution in [-0.4, -0.2) is 30.0 Å². The summed E-state index contributed by atoms with van der Waals surface area (Å²) >= 11 is 0. The summed E-state index contributed by atoms with van der Waals surface area (Å²) in [6.07, 6.45) is 3.12. The Balaban J connectivity index is 2.60. The second-order valence-corrected chi connectivity index (χ2v) is 4.64. The van der Waals surface area contributed by atoms with Crippen LogP contribution in [0.2, 0.25) is 0 Å². The third kappa shape index (κ3) is 4.73. The van der Waals surface area contributed by atoms with Crippen molar-refractivity contribution < 1.29 is 0 Å². The summed E-state index contributed by atoms with van der Waals surface area (Å²) < 4.78 is 0. The Hall–Kier alpha value is -1.09. The molecule has 0 saturated heterocycles. The van der Waals surface area contributed by atoms with Gasteiger partial charge < -0.3 is 5.32 Å². The standard InChI is InChI=1S/C14H25N3/c1-5-12(3)10-17(6-2)11-13-7-8-16-14(9-13)15-4/h7-9,12H,5-6,10-11H2,1-4H3,(H,15,16). The van der Waals surface area contributed by atoms with Gasteiger partial charge in [-0.1, -0.05) is 27.2 Å². The molecule has 0 saturated carbocycles. The molecule has 1 rings (SSSR count). The van der Waals surface area contributed by atoms with Crippen LogP contribution in [0.4, 0.5) is 5.82 Å². The number of pyridine rings is 1. The summed E-state index contributed by atoms with van der Waals surface area (Å²) in [6.45, 7) is 10.1. The molecule has 0 aliphatic carbocycles. The maximum atomic E-state index is 4.24. The van der Waals surface area contributed by atoms with Gasteiger partial charge in [-0.3, -0.25) is 4.90 Å². The normalized spacial score (nSPS) is 12.8. The van der Waals surface area contributed by atoms with Crippen LogP contribution in [0.1, 0.15) is 32.8 Å². The van der Waals surface area contributed by atoms with Crippen LogP contribution in [0.25, 0.3) is 0 Å². The van der Waals surface area contributed by atoms with Gasteiger partial charge in [0.15, 0.2) is 0 Å². The van der Waals surface area contributed by atoms with Crippen molar-refractivity contribution in [1.29, 1.82) is 0 Å². The minimum atomic E-state index is 0.764. The van der Waals surface area contributed by atoms with E-state index in [1.807, 2.05) is 13.2 Å². The summed E-state index contributed by atoms with van der Waals surface area (Å²) in [5.41, 5.74) is 1.33. The molecule has 17 heavy (non-hydrogen) atoms. The molecule has 1 unspecified atom stereocenters. The van der Waals surface area contributed by atoms with E-state index in [2.05, 4.69) is 48.1 Å². The summed E-state index contributed by atoms with van der Waals surface area (Å²) in [7, 11) is 1.91. The minimum absolute atomic E-state index is 0.764. The van der Waals surface area contributed by atoms with Gasteiger partial charge >= 0.3 is 0 Å². The van der Waals surface area contributed by atoms with Crippen LogP contribution in [0.15, 0.2) is 18.3 Å². The monoisotopic (exact) mass is 235 g/mol. The Morgan fingerprint density at radius 1 is 1.41 bits per heavy atom. The van der Waals surface area contributed by atoms with Crippen molar-refractivity contribution in [2.24, 2.45) is 5.92 Å². The van der Waals surface area contributed by atoms with Crippen molar-refractivity contribution in [3.8, 4) is 0 Å². The molecule has 1 aromatic heterocycles. The number of nitrogens with one attached hydrogen (secondary N) is 1. The van der Waals surface area contributed by atoms with Gasteiger partial charge in [-0.25, -0.2) is 4.98 Å². The Morgan fingerprint density at radius 3 is 2.76 bits per heavy atom. The number of aromatic nitrogens is 1. The highest BCUT2D eigenvalue weighted by molar-refractivity contribution is 5.36. The van der Waals surface area contributed by atoms with E-state index in [0.717, 1.165) is 24.8 Å². The Morgan fingerprint density at radius 2 is 2.18 bits per heavy atom. The fourth-order valence-corrected chi connectivity index (χ4v) is 1.84. The number of rotatable bonds is 7. The number of hydrogen-bond acceptors (Lipinski definition) is 3. The van der Waals surface area contributed by atoms with Gasteiger partial charge in [0.2, 0.25) is 0 Å². The molecule has 0 amide bonds. The molecular formula is C14H25N3.